The lowest BCUT2D eigenvalue weighted by molar-refractivity contribution is -0.143. The van der Waals surface area contributed by atoms with Gasteiger partial charge in [0, 0.05) is 49.9 Å². The maximum absolute atomic E-state index is 13.7. The topological polar surface area (TPSA) is 78.5 Å². The largest absolute Gasteiger partial charge is 0.416 e. The molecule has 1 aliphatic rings. The van der Waals surface area contributed by atoms with Gasteiger partial charge in [-0.3, -0.25) is 14.4 Å². The Labute approximate surface area is 219 Å². The molecule has 3 rings (SSSR count). The summed E-state index contributed by atoms with van der Waals surface area (Å²) in [5, 5.41) is 5.81. The van der Waals surface area contributed by atoms with Gasteiger partial charge in [0.1, 0.15) is 5.66 Å². The summed E-state index contributed by atoms with van der Waals surface area (Å²) in [6.45, 7) is 2.27. The van der Waals surface area contributed by atoms with Gasteiger partial charge in [-0.05, 0) is 42.3 Å². The summed E-state index contributed by atoms with van der Waals surface area (Å²) in [6.07, 6.45) is -10.2. The fourth-order valence-electron chi connectivity index (χ4n) is 4.66. The minimum atomic E-state index is -5.15. The Balaban J connectivity index is 2.15. The number of halogens is 7. The van der Waals surface area contributed by atoms with Crippen LogP contribution in [0.4, 0.5) is 26.3 Å². The summed E-state index contributed by atoms with van der Waals surface area (Å²) >= 11 is 5.95. The van der Waals surface area contributed by atoms with Gasteiger partial charge in [-0.2, -0.15) is 26.3 Å². The molecule has 2 N–H and O–H groups in total. The first-order valence-electron chi connectivity index (χ1n) is 11.4. The van der Waals surface area contributed by atoms with E-state index in [0.717, 1.165) is 4.90 Å². The van der Waals surface area contributed by atoms with Gasteiger partial charge in [0.15, 0.2) is 0 Å². The number of rotatable bonds is 5. The average molecular weight is 564 g/mol. The molecule has 13 heteroatoms. The van der Waals surface area contributed by atoms with Crippen molar-refractivity contribution in [2.75, 3.05) is 6.54 Å². The monoisotopic (exact) mass is 563 g/mol. The van der Waals surface area contributed by atoms with Crippen molar-refractivity contribution in [2.24, 2.45) is 0 Å². The first-order valence-corrected chi connectivity index (χ1v) is 11.8. The lowest BCUT2D eigenvalue weighted by Gasteiger charge is -2.50. The van der Waals surface area contributed by atoms with Gasteiger partial charge < -0.3 is 15.5 Å². The zero-order chi connectivity index (χ0) is 28.5. The molecule has 1 fully saturated rings. The highest BCUT2D eigenvalue weighted by molar-refractivity contribution is 6.30. The number of alkyl halides is 6. The van der Waals surface area contributed by atoms with E-state index in [4.69, 9.17) is 11.6 Å². The minimum absolute atomic E-state index is 0.0500. The molecule has 1 heterocycles. The number of benzene rings is 2. The maximum Gasteiger partial charge on any atom is 0.416 e. The van der Waals surface area contributed by atoms with E-state index in [2.05, 4.69) is 10.6 Å². The van der Waals surface area contributed by atoms with Crippen LogP contribution in [0.5, 0.6) is 0 Å². The minimum Gasteiger partial charge on any atom is -0.353 e. The fraction of sp³-hybridized carbons (Fsp3) is 0.400. The van der Waals surface area contributed by atoms with Crippen LogP contribution in [-0.2, 0) is 28.4 Å². The lowest BCUT2D eigenvalue weighted by Crippen LogP contribution is -2.68. The SMILES string of the molecule is CC(=O)NC1CCN(C(=O)c2cc(C(F)(F)F)cc(C(F)(F)F)c2)C(Cc2ccc(Cl)cc2)(NC(C)=O)C1. The molecule has 0 aliphatic carbocycles. The Morgan fingerprint density at radius 3 is 1.97 bits per heavy atom. The summed E-state index contributed by atoms with van der Waals surface area (Å²) in [5.74, 6) is -2.11. The van der Waals surface area contributed by atoms with Gasteiger partial charge in [0.2, 0.25) is 11.8 Å². The molecular weight excluding hydrogens is 540 g/mol. The van der Waals surface area contributed by atoms with Crippen LogP contribution in [0, 0.1) is 0 Å². The Morgan fingerprint density at radius 1 is 0.947 bits per heavy atom. The number of piperidine rings is 1. The van der Waals surface area contributed by atoms with E-state index < -0.39 is 52.6 Å². The molecule has 206 valence electrons. The number of likely N-dealkylation sites (tertiary alicyclic amines) is 1. The van der Waals surface area contributed by atoms with Crippen LogP contribution in [0.2, 0.25) is 5.02 Å². The van der Waals surface area contributed by atoms with E-state index in [1.54, 1.807) is 24.3 Å². The molecule has 0 bridgehead atoms. The molecule has 0 spiro atoms. The van der Waals surface area contributed by atoms with Crippen molar-refractivity contribution in [3.63, 3.8) is 0 Å². The Kier molecular flexibility index (Phi) is 8.35. The van der Waals surface area contributed by atoms with Crippen molar-refractivity contribution >= 4 is 29.3 Å². The normalized spacial score (nSPS) is 20.1. The van der Waals surface area contributed by atoms with E-state index in [9.17, 15) is 40.7 Å². The molecule has 1 saturated heterocycles. The molecule has 0 radical (unpaired) electrons. The third-order valence-corrected chi connectivity index (χ3v) is 6.36. The number of hydrogen-bond donors (Lipinski definition) is 2. The number of amides is 3. The fourth-order valence-corrected chi connectivity index (χ4v) is 4.78. The van der Waals surface area contributed by atoms with Crippen LogP contribution in [-0.4, -0.2) is 40.9 Å². The predicted octanol–water partition coefficient (Wildman–Crippen LogP) is 5.19. The van der Waals surface area contributed by atoms with Crippen LogP contribution in [0.25, 0.3) is 0 Å². The first-order chi connectivity index (χ1) is 17.5. The van der Waals surface area contributed by atoms with Gasteiger partial charge in [-0.25, -0.2) is 0 Å². The van der Waals surface area contributed by atoms with Crippen molar-refractivity contribution in [1.29, 1.82) is 0 Å². The van der Waals surface area contributed by atoms with E-state index in [1.165, 1.54) is 13.8 Å². The number of carbonyl (C=O) groups is 3. The van der Waals surface area contributed by atoms with Crippen LogP contribution in [0.1, 0.15) is 53.7 Å². The Hall–Kier alpha value is -3.28. The van der Waals surface area contributed by atoms with Crippen molar-refractivity contribution < 1.29 is 40.7 Å². The van der Waals surface area contributed by atoms with Crippen LogP contribution < -0.4 is 10.6 Å². The van der Waals surface area contributed by atoms with Crippen molar-refractivity contribution in [2.45, 2.75) is 57.2 Å². The third kappa shape index (κ3) is 6.97. The highest BCUT2D eigenvalue weighted by Crippen LogP contribution is 2.38. The van der Waals surface area contributed by atoms with Gasteiger partial charge in [0.25, 0.3) is 5.91 Å². The van der Waals surface area contributed by atoms with E-state index in [1.807, 2.05) is 0 Å². The highest BCUT2D eigenvalue weighted by atomic mass is 35.5. The first kappa shape index (κ1) is 29.3. The Bertz CT molecular complexity index is 1180. The number of nitrogens with zero attached hydrogens (tertiary/aromatic N) is 1. The molecule has 2 aromatic carbocycles. The van der Waals surface area contributed by atoms with E-state index >= 15 is 0 Å². The number of nitrogens with one attached hydrogen (secondary N) is 2. The quantitative estimate of drug-likeness (QED) is 0.491. The zero-order valence-electron chi connectivity index (χ0n) is 20.3. The molecule has 2 unspecified atom stereocenters. The summed E-state index contributed by atoms with van der Waals surface area (Å²) in [7, 11) is 0. The molecule has 2 aromatic rings. The van der Waals surface area contributed by atoms with E-state index in [0.29, 0.717) is 22.7 Å². The van der Waals surface area contributed by atoms with Crippen LogP contribution >= 0.6 is 11.6 Å². The van der Waals surface area contributed by atoms with Gasteiger partial charge in [-0.15, -0.1) is 0 Å². The lowest BCUT2D eigenvalue weighted by atomic mass is 9.84. The summed E-state index contributed by atoms with van der Waals surface area (Å²) in [5.41, 5.74) is -5.12. The summed E-state index contributed by atoms with van der Waals surface area (Å²) < 4.78 is 80.8. The molecule has 6 nitrogen and oxygen atoms in total. The average Bonchev–Trinajstić information content (AvgIpc) is 2.78. The van der Waals surface area contributed by atoms with Gasteiger partial charge >= 0.3 is 12.4 Å². The zero-order valence-corrected chi connectivity index (χ0v) is 21.0. The summed E-state index contributed by atoms with van der Waals surface area (Å²) in [4.78, 5) is 38.8. The van der Waals surface area contributed by atoms with Crippen molar-refractivity contribution in [1.82, 2.24) is 15.5 Å². The van der Waals surface area contributed by atoms with Crippen LogP contribution in [0.3, 0.4) is 0 Å². The second kappa shape index (κ2) is 10.8. The molecule has 1 aliphatic heterocycles. The molecule has 38 heavy (non-hydrogen) atoms. The predicted molar refractivity (Wildman–Crippen MR) is 126 cm³/mol. The molecule has 3 amide bonds. The Morgan fingerprint density at radius 2 is 1.50 bits per heavy atom. The van der Waals surface area contributed by atoms with Crippen molar-refractivity contribution in [3.05, 3.63) is 69.7 Å². The second-order valence-electron chi connectivity index (χ2n) is 9.16. The van der Waals surface area contributed by atoms with Gasteiger partial charge in [0.05, 0.1) is 11.1 Å². The molecule has 0 saturated carbocycles. The smallest absolute Gasteiger partial charge is 0.353 e. The number of carbonyl (C=O) groups excluding carboxylic acids is 3. The van der Waals surface area contributed by atoms with Gasteiger partial charge in [-0.1, -0.05) is 23.7 Å². The molecule has 2 atom stereocenters. The molecular formula is C25H24ClF6N3O3. The van der Waals surface area contributed by atoms with Crippen LogP contribution in [0.15, 0.2) is 42.5 Å². The van der Waals surface area contributed by atoms with E-state index in [-0.39, 0.29) is 37.8 Å². The highest BCUT2D eigenvalue weighted by Gasteiger charge is 2.47. The second-order valence-corrected chi connectivity index (χ2v) is 9.59. The summed E-state index contributed by atoms with van der Waals surface area (Å²) in [6, 6.07) is 6.46. The molecule has 0 aromatic heterocycles. The standard InChI is InChI=1S/C25H24ClF6N3O3/c1-14(36)33-21-7-8-35(23(13-21,34-15(2)37)12-16-3-5-20(26)6-4-16)22(38)17-9-18(24(27,28)29)11-19(10-17)25(30,31)32/h3-6,9-11,21H,7-8,12-13H2,1-2H3,(H,33,36)(H,34,37). The van der Waals surface area contributed by atoms with Crippen molar-refractivity contribution in [3.8, 4) is 0 Å². The maximum atomic E-state index is 13.7. The third-order valence-electron chi connectivity index (χ3n) is 6.11. The number of hydrogen-bond acceptors (Lipinski definition) is 3.